The number of halogens is 2. The summed E-state index contributed by atoms with van der Waals surface area (Å²) in [5.41, 5.74) is -0.919. The van der Waals surface area contributed by atoms with Crippen molar-refractivity contribution in [2.45, 2.75) is 27.3 Å². The van der Waals surface area contributed by atoms with Gasteiger partial charge >= 0.3 is 5.69 Å². The van der Waals surface area contributed by atoms with E-state index in [2.05, 4.69) is 4.98 Å². The molecule has 0 bridgehead atoms. The summed E-state index contributed by atoms with van der Waals surface area (Å²) in [6.45, 7) is 5.97. The maximum absolute atomic E-state index is 13.3. The standard InChI is InChI=1S/C15H16ClFN2O2/c1-15(2,3)8-19-13(20)11(12(16)18-14(19)21)9-5-4-6-10(17)7-9/h4-7H,8H2,1-3H3,(H,18,21). The largest absolute Gasteiger partial charge is 0.329 e. The molecule has 21 heavy (non-hydrogen) atoms. The van der Waals surface area contributed by atoms with Gasteiger partial charge in [0.2, 0.25) is 0 Å². The second-order valence-electron chi connectivity index (χ2n) is 6.08. The smallest absolute Gasteiger partial charge is 0.297 e. The third-order valence-electron chi connectivity index (χ3n) is 2.89. The van der Waals surface area contributed by atoms with E-state index in [-0.39, 0.29) is 22.7 Å². The lowest BCUT2D eigenvalue weighted by molar-refractivity contribution is 0.331. The molecule has 1 aromatic carbocycles. The van der Waals surface area contributed by atoms with Crippen LogP contribution in [0.1, 0.15) is 20.8 Å². The van der Waals surface area contributed by atoms with Crippen LogP contribution in [0.2, 0.25) is 5.15 Å². The van der Waals surface area contributed by atoms with Gasteiger partial charge in [-0.25, -0.2) is 9.18 Å². The summed E-state index contributed by atoms with van der Waals surface area (Å²) in [6, 6.07) is 5.55. The van der Waals surface area contributed by atoms with Gasteiger partial charge in [0.1, 0.15) is 11.0 Å². The van der Waals surface area contributed by atoms with Gasteiger partial charge in [-0.15, -0.1) is 0 Å². The maximum Gasteiger partial charge on any atom is 0.329 e. The molecule has 0 saturated heterocycles. The fourth-order valence-corrected chi connectivity index (χ4v) is 2.33. The fraction of sp³-hybridized carbons (Fsp3) is 0.333. The summed E-state index contributed by atoms with van der Waals surface area (Å²) >= 11 is 5.97. The fourth-order valence-electron chi connectivity index (χ4n) is 2.06. The number of nitrogens with zero attached hydrogens (tertiary/aromatic N) is 1. The molecule has 1 aromatic heterocycles. The van der Waals surface area contributed by atoms with Crippen LogP contribution >= 0.6 is 11.6 Å². The summed E-state index contributed by atoms with van der Waals surface area (Å²) in [5.74, 6) is -0.475. The van der Waals surface area contributed by atoms with E-state index in [0.29, 0.717) is 5.56 Å². The molecule has 0 spiro atoms. The molecule has 0 radical (unpaired) electrons. The Hall–Kier alpha value is -1.88. The van der Waals surface area contributed by atoms with Crippen LogP contribution in [0.3, 0.4) is 0 Å². The number of aromatic nitrogens is 2. The molecule has 1 heterocycles. The Morgan fingerprint density at radius 1 is 1.29 bits per heavy atom. The van der Waals surface area contributed by atoms with E-state index in [4.69, 9.17) is 11.6 Å². The molecule has 112 valence electrons. The van der Waals surface area contributed by atoms with Crippen molar-refractivity contribution < 1.29 is 4.39 Å². The zero-order chi connectivity index (χ0) is 15.8. The monoisotopic (exact) mass is 310 g/mol. The predicted molar refractivity (Wildman–Crippen MR) is 81.2 cm³/mol. The van der Waals surface area contributed by atoms with Gasteiger partial charge in [-0.1, -0.05) is 44.5 Å². The highest BCUT2D eigenvalue weighted by atomic mass is 35.5. The normalized spacial score (nSPS) is 11.7. The molecule has 6 heteroatoms. The molecule has 0 amide bonds. The summed E-state index contributed by atoms with van der Waals surface area (Å²) in [7, 11) is 0. The van der Waals surface area contributed by atoms with Gasteiger partial charge in [-0.2, -0.15) is 0 Å². The van der Waals surface area contributed by atoms with Crippen LogP contribution in [-0.4, -0.2) is 9.55 Å². The third-order valence-corrected chi connectivity index (χ3v) is 3.17. The first kappa shape index (κ1) is 15.5. The predicted octanol–water partition coefficient (Wildman–Crippen LogP) is 3.04. The molecule has 2 aromatic rings. The van der Waals surface area contributed by atoms with Crippen LogP contribution in [0.4, 0.5) is 4.39 Å². The first-order chi connectivity index (χ1) is 9.69. The van der Waals surface area contributed by atoms with Gasteiger partial charge in [-0.3, -0.25) is 14.3 Å². The third kappa shape index (κ3) is 3.42. The van der Waals surface area contributed by atoms with E-state index in [1.165, 1.54) is 18.2 Å². The highest BCUT2D eigenvalue weighted by Crippen LogP contribution is 2.23. The number of nitrogens with one attached hydrogen (secondary N) is 1. The van der Waals surface area contributed by atoms with Crippen molar-refractivity contribution in [1.82, 2.24) is 9.55 Å². The van der Waals surface area contributed by atoms with Crippen LogP contribution < -0.4 is 11.2 Å². The molecular weight excluding hydrogens is 295 g/mol. The zero-order valence-electron chi connectivity index (χ0n) is 12.0. The second-order valence-corrected chi connectivity index (χ2v) is 6.46. The molecule has 2 rings (SSSR count). The van der Waals surface area contributed by atoms with E-state index in [1.54, 1.807) is 6.07 Å². The van der Waals surface area contributed by atoms with Crippen LogP contribution in [0, 0.1) is 11.2 Å². The van der Waals surface area contributed by atoms with Crippen molar-refractivity contribution in [3.05, 3.63) is 56.1 Å². The minimum atomic E-state index is -0.569. The molecule has 1 N–H and O–H groups in total. The lowest BCUT2D eigenvalue weighted by atomic mass is 9.97. The van der Waals surface area contributed by atoms with Crippen molar-refractivity contribution in [3.8, 4) is 11.1 Å². The molecule has 0 fully saturated rings. The highest BCUT2D eigenvalue weighted by molar-refractivity contribution is 6.32. The van der Waals surface area contributed by atoms with Gasteiger partial charge in [-0.05, 0) is 23.1 Å². The molecule has 0 aliphatic rings. The molecular formula is C15H16ClFN2O2. The Morgan fingerprint density at radius 3 is 2.52 bits per heavy atom. The highest BCUT2D eigenvalue weighted by Gasteiger charge is 2.19. The number of aromatic amines is 1. The number of hydrogen-bond acceptors (Lipinski definition) is 2. The first-order valence-electron chi connectivity index (χ1n) is 6.47. The zero-order valence-corrected chi connectivity index (χ0v) is 12.8. The number of rotatable bonds is 2. The van der Waals surface area contributed by atoms with E-state index in [1.807, 2.05) is 20.8 Å². The first-order valence-corrected chi connectivity index (χ1v) is 6.85. The average molecular weight is 311 g/mol. The Balaban J connectivity index is 2.71. The lowest BCUT2D eigenvalue weighted by Gasteiger charge is -2.19. The van der Waals surface area contributed by atoms with Crippen molar-refractivity contribution >= 4 is 11.6 Å². The summed E-state index contributed by atoms with van der Waals surface area (Å²) < 4.78 is 14.4. The van der Waals surface area contributed by atoms with Gasteiger partial charge in [0, 0.05) is 6.54 Å². The van der Waals surface area contributed by atoms with Crippen LogP contribution in [0.5, 0.6) is 0 Å². The topological polar surface area (TPSA) is 54.9 Å². The number of hydrogen-bond donors (Lipinski definition) is 1. The Kier molecular flexibility index (Phi) is 4.05. The van der Waals surface area contributed by atoms with Crippen molar-refractivity contribution in [2.24, 2.45) is 5.41 Å². The Morgan fingerprint density at radius 2 is 1.95 bits per heavy atom. The van der Waals surface area contributed by atoms with Crippen LogP contribution in [0.25, 0.3) is 11.1 Å². The van der Waals surface area contributed by atoms with Crippen LogP contribution in [0.15, 0.2) is 33.9 Å². The number of H-pyrrole nitrogens is 1. The molecule has 0 atom stereocenters. The minimum Gasteiger partial charge on any atom is -0.297 e. The van der Waals surface area contributed by atoms with Gasteiger partial charge in [0.15, 0.2) is 0 Å². The van der Waals surface area contributed by atoms with E-state index in [0.717, 1.165) is 4.57 Å². The van der Waals surface area contributed by atoms with E-state index in [9.17, 15) is 14.0 Å². The maximum atomic E-state index is 13.3. The quantitative estimate of drug-likeness (QED) is 0.867. The molecule has 0 unspecified atom stereocenters. The minimum absolute atomic E-state index is 0.0826. The molecule has 0 aliphatic carbocycles. The number of benzene rings is 1. The van der Waals surface area contributed by atoms with E-state index < -0.39 is 17.1 Å². The van der Waals surface area contributed by atoms with Crippen molar-refractivity contribution in [2.75, 3.05) is 0 Å². The second kappa shape index (κ2) is 5.48. The van der Waals surface area contributed by atoms with E-state index >= 15 is 0 Å². The Labute approximate surface area is 126 Å². The molecule has 0 saturated carbocycles. The van der Waals surface area contributed by atoms with Crippen molar-refractivity contribution in [1.29, 1.82) is 0 Å². The van der Waals surface area contributed by atoms with Gasteiger partial charge in [0.05, 0.1) is 5.56 Å². The summed E-state index contributed by atoms with van der Waals surface area (Å²) in [5, 5.41) is -0.0826. The molecule has 0 aliphatic heterocycles. The van der Waals surface area contributed by atoms with Crippen LogP contribution in [-0.2, 0) is 6.54 Å². The Bertz CT molecular complexity index is 787. The van der Waals surface area contributed by atoms with Gasteiger partial charge < -0.3 is 0 Å². The lowest BCUT2D eigenvalue weighted by Crippen LogP contribution is -2.39. The molecule has 4 nitrogen and oxygen atoms in total. The summed E-state index contributed by atoms with van der Waals surface area (Å²) in [6.07, 6.45) is 0. The van der Waals surface area contributed by atoms with Crippen molar-refractivity contribution in [3.63, 3.8) is 0 Å². The van der Waals surface area contributed by atoms with Gasteiger partial charge in [0.25, 0.3) is 5.56 Å². The summed E-state index contributed by atoms with van der Waals surface area (Å²) in [4.78, 5) is 26.9. The average Bonchev–Trinajstić information content (AvgIpc) is 2.33. The SMILES string of the molecule is CC(C)(C)Cn1c(=O)[nH]c(Cl)c(-c2cccc(F)c2)c1=O.